The molecular formula is C15H14FN3O. The standard InChI is InChI=1S/C15H14FN3O/c16-12-4-1-10-7-8-19(14(10)9-12)13-5-2-11(3-6-13)15(17)18-20/h1-6,9,20H,7-8H2,(H2,17,18). The molecule has 0 bridgehead atoms. The van der Waals surface area contributed by atoms with Gasteiger partial charge in [-0.05, 0) is 48.4 Å². The Balaban J connectivity index is 1.94. The number of anilines is 2. The van der Waals surface area contributed by atoms with Crippen LogP contribution in [0.5, 0.6) is 0 Å². The van der Waals surface area contributed by atoms with Crippen LogP contribution in [-0.2, 0) is 6.42 Å². The zero-order valence-electron chi connectivity index (χ0n) is 10.8. The molecule has 0 amide bonds. The van der Waals surface area contributed by atoms with Crippen molar-refractivity contribution < 1.29 is 9.60 Å². The summed E-state index contributed by atoms with van der Waals surface area (Å²) in [4.78, 5) is 2.06. The maximum Gasteiger partial charge on any atom is 0.170 e. The molecule has 0 spiro atoms. The molecule has 0 saturated heterocycles. The van der Waals surface area contributed by atoms with E-state index in [0.717, 1.165) is 29.9 Å². The van der Waals surface area contributed by atoms with E-state index in [4.69, 9.17) is 10.9 Å². The van der Waals surface area contributed by atoms with Crippen molar-refractivity contribution in [2.45, 2.75) is 6.42 Å². The Kier molecular flexibility index (Phi) is 3.02. The maximum absolute atomic E-state index is 13.4. The van der Waals surface area contributed by atoms with Crippen LogP contribution >= 0.6 is 0 Å². The molecule has 3 N–H and O–H groups in total. The normalized spacial score (nSPS) is 14.4. The summed E-state index contributed by atoms with van der Waals surface area (Å²) in [6.45, 7) is 0.821. The zero-order valence-corrected chi connectivity index (χ0v) is 10.8. The highest BCUT2D eigenvalue weighted by Gasteiger charge is 2.20. The van der Waals surface area contributed by atoms with Crippen molar-refractivity contribution in [1.82, 2.24) is 0 Å². The highest BCUT2D eigenvalue weighted by molar-refractivity contribution is 5.97. The number of oxime groups is 1. The van der Waals surface area contributed by atoms with Crippen molar-refractivity contribution in [2.24, 2.45) is 10.9 Å². The first-order chi connectivity index (χ1) is 9.69. The maximum atomic E-state index is 13.4. The Hall–Kier alpha value is -2.56. The molecule has 20 heavy (non-hydrogen) atoms. The van der Waals surface area contributed by atoms with Crippen LogP contribution in [-0.4, -0.2) is 17.6 Å². The minimum Gasteiger partial charge on any atom is -0.409 e. The molecule has 0 aromatic heterocycles. The molecular weight excluding hydrogens is 257 g/mol. The van der Waals surface area contributed by atoms with Crippen LogP contribution in [0.25, 0.3) is 0 Å². The van der Waals surface area contributed by atoms with Crippen LogP contribution in [0.2, 0.25) is 0 Å². The van der Waals surface area contributed by atoms with Gasteiger partial charge < -0.3 is 15.8 Å². The van der Waals surface area contributed by atoms with Crippen LogP contribution in [0.15, 0.2) is 47.6 Å². The summed E-state index contributed by atoms with van der Waals surface area (Å²) in [6, 6.07) is 12.2. The van der Waals surface area contributed by atoms with E-state index in [1.54, 1.807) is 18.2 Å². The van der Waals surface area contributed by atoms with Crippen LogP contribution in [0.4, 0.5) is 15.8 Å². The average molecular weight is 271 g/mol. The van der Waals surface area contributed by atoms with E-state index in [1.807, 2.05) is 18.2 Å². The summed E-state index contributed by atoms with van der Waals surface area (Å²) in [5, 5.41) is 11.6. The minimum absolute atomic E-state index is 0.0735. The van der Waals surface area contributed by atoms with E-state index in [-0.39, 0.29) is 11.7 Å². The third-order valence-corrected chi connectivity index (χ3v) is 3.53. The Morgan fingerprint density at radius 1 is 1.20 bits per heavy atom. The average Bonchev–Trinajstić information content (AvgIpc) is 2.89. The summed E-state index contributed by atoms with van der Waals surface area (Å²) < 4.78 is 13.4. The molecule has 0 aliphatic carbocycles. The Labute approximate surface area is 115 Å². The molecule has 102 valence electrons. The van der Waals surface area contributed by atoms with Crippen molar-refractivity contribution in [3.05, 3.63) is 59.4 Å². The molecule has 2 aromatic rings. The lowest BCUT2D eigenvalue weighted by Crippen LogP contribution is -2.15. The number of nitrogens with two attached hydrogens (primary N) is 1. The smallest absolute Gasteiger partial charge is 0.170 e. The van der Waals surface area contributed by atoms with E-state index in [0.29, 0.717) is 5.56 Å². The SMILES string of the molecule is N/C(=N/O)c1ccc(N2CCc3ccc(F)cc32)cc1. The number of hydrogen-bond acceptors (Lipinski definition) is 3. The van der Waals surface area contributed by atoms with E-state index in [1.165, 1.54) is 6.07 Å². The molecule has 0 saturated carbocycles. The first-order valence-electron chi connectivity index (χ1n) is 6.33. The van der Waals surface area contributed by atoms with Crippen molar-refractivity contribution in [3.8, 4) is 0 Å². The third kappa shape index (κ3) is 2.07. The molecule has 0 radical (unpaired) electrons. The van der Waals surface area contributed by atoms with Crippen molar-refractivity contribution >= 4 is 17.2 Å². The number of nitrogens with zero attached hydrogens (tertiary/aromatic N) is 2. The molecule has 1 heterocycles. The van der Waals surface area contributed by atoms with Gasteiger partial charge in [0.25, 0.3) is 0 Å². The van der Waals surface area contributed by atoms with Gasteiger partial charge in [0, 0.05) is 23.5 Å². The number of amidine groups is 1. The molecule has 5 heteroatoms. The van der Waals surface area contributed by atoms with Gasteiger partial charge in [-0.25, -0.2) is 4.39 Å². The predicted molar refractivity (Wildman–Crippen MR) is 76.1 cm³/mol. The Bertz CT molecular complexity index is 667. The number of halogens is 1. The lowest BCUT2D eigenvalue weighted by molar-refractivity contribution is 0.318. The molecule has 0 unspecified atom stereocenters. The summed E-state index contributed by atoms with van der Waals surface area (Å²) in [5.41, 5.74) is 9.19. The van der Waals surface area contributed by atoms with Gasteiger partial charge in [-0.15, -0.1) is 0 Å². The molecule has 2 aromatic carbocycles. The fraction of sp³-hybridized carbons (Fsp3) is 0.133. The second-order valence-electron chi connectivity index (χ2n) is 4.71. The molecule has 3 rings (SSSR count). The number of benzene rings is 2. The number of hydrogen-bond donors (Lipinski definition) is 2. The second-order valence-corrected chi connectivity index (χ2v) is 4.71. The van der Waals surface area contributed by atoms with Crippen LogP contribution < -0.4 is 10.6 Å². The minimum atomic E-state index is -0.232. The molecule has 1 aliphatic heterocycles. The molecule has 4 nitrogen and oxygen atoms in total. The van der Waals surface area contributed by atoms with E-state index in [9.17, 15) is 4.39 Å². The Morgan fingerprint density at radius 3 is 2.65 bits per heavy atom. The van der Waals surface area contributed by atoms with E-state index >= 15 is 0 Å². The third-order valence-electron chi connectivity index (χ3n) is 3.53. The summed E-state index contributed by atoms with van der Waals surface area (Å²) in [5.74, 6) is -0.159. The molecule has 1 aliphatic rings. The molecule has 0 fully saturated rings. The van der Waals surface area contributed by atoms with Crippen LogP contribution in [0.1, 0.15) is 11.1 Å². The largest absolute Gasteiger partial charge is 0.409 e. The van der Waals surface area contributed by atoms with Gasteiger partial charge >= 0.3 is 0 Å². The Morgan fingerprint density at radius 2 is 1.95 bits per heavy atom. The predicted octanol–water partition coefficient (Wildman–Crippen LogP) is 2.61. The monoisotopic (exact) mass is 271 g/mol. The lowest BCUT2D eigenvalue weighted by atomic mass is 10.1. The summed E-state index contributed by atoms with van der Waals surface area (Å²) in [7, 11) is 0. The van der Waals surface area contributed by atoms with Crippen molar-refractivity contribution in [3.63, 3.8) is 0 Å². The van der Waals surface area contributed by atoms with E-state index in [2.05, 4.69) is 10.1 Å². The van der Waals surface area contributed by atoms with Crippen molar-refractivity contribution in [1.29, 1.82) is 0 Å². The highest BCUT2D eigenvalue weighted by atomic mass is 19.1. The zero-order chi connectivity index (χ0) is 14.1. The first-order valence-corrected chi connectivity index (χ1v) is 6.33. The highest BCUT2D eigenvalue weighted by Crippen LogP contribution is 2.34. The fourth-order valence-corrected chi connectivity index (χ4v) is 2.49. The van der Waals surface area contributed by atoms with Gasteiger partial charge in [0.1, 0.15) is 5.82 Å². The summed E-state index contributed by atoms with van der Waals surface area (Å²) in [6.07, 6.45) is 0.900. The van der Waals surface area contributed by atoms with Gasteiger partial charge in [0.2, 0.25) is 0 Å². The van der Waals surface area contributed by atoms with Crippen LogP contribution in [0.3, 0.4) is 0 Å². The second kappa shape index (κ2) is 4.85. The van der Waals surface area contributed by atoms with Gasteiger partial charge in [0.05, 0.1) is 0 Å². The number of rotatable bonds is 2. The van der Waals surface area contributed by atoms with Crippen molar-refractivity contribution in [2.75, 3.05) is 11.4 Å². The topological polar surface area (TPSA) is 61.9 Å². The van der Waals surface area contributed by atoms with Gasteiger partial charge in [-0.3, -0.25) is 0 Å². The van der Waals surface area contributed by atoms with Gasteiger partial charge in [-0.1, -0.05) is 11.2 Å². The van der Waals surface area contributed by atoms with Crippen LogP contribution in [0, 0.1) is 5.82 Å². The van der Waals surface area contributed by atoms with Gasteiger partial charge in [-0.2, -0.15) is 0 Å². The molecule has 0 atom stereocenters. The van der Waals surface area contributed by atoms with E-state index < -0.39 is 0 Å². The van der Waals surface area contributed by atoms with Gasteiger partial charge in [0.15, 0.2) is 5.84 Å². The number of fused-ring (bicyclic) bond motifs is 1. The summed E-state index contributed by atoms with van der Waals surface area (Å²) >= 11 is 0. The quantitative estimate of drug-likeness (QED) is 0.382. The lowest BCUT2D eigenvalue weighted by Gasteiger charge is -2.19. The fourth-order valence-electron chi connectivity index (χ4n) is 2.49. The first kappa shape index (κ1) is 12.5.